The van der Waals surface area contributed by atoms with E-state index in [-0.39, 0.29) is 12.4 Å². The molecule has 1 saturated heterocycles. The van der Waals surface area contributed by atoms with Crippen molar-refractivity contribution in [1.29, 1.82) is 0 Å². The zero-order chi connectivity index (χ0) is 6.91. The number of piperidine rings is 1. The van der Waals surface area contributed by atoms with Gasteiger partial charge in [-0.3, -0.25) is 0 Å². The van der Waals surface area contributed by atoms with Gasteiger partial charge < -0.3 is 12.4 Å². The molecule has 1 rings (SSSR count). The van der Waals surface area contributed by atoms with E-state index in [1.54, 1.807) is 0 Å². The molecule has 60 valence electrons. The van der Waals surface area contributed by atoms with Crippen molar-refractivity contribution in [2.45, 2.75) is 26.7 Å². The second kappa shape index (κ2) is 3.38. The summed E-state index contributed by atoms with van der Waals surface area (Å²) in [6, 6.07) is 0. The fourth-order valence-corrected chi connectivity index (χ4v) is 1.16. The molecule has 1 aliphatic rings. The molecule has 0 unspecified atom stereocenters. The lowest BCUT2D eigenvalue weighted by atomic mass is 9.83. The van der Waals surface area contributed by atoms with Gasteiger partial charge in [-0.25, -0.2) is 4.58 Å². The fraction of sp³-hybridized carbons (Fsp3) is 0.875. The molecule has 0 aromatic heterocycles. The van der Waals surface area contributed by atoms with Crippen molar-refractivity contribution in [2.24, 2.45) is 5.41 Å². The Bertz CT molecular complexity index is 117. The molecule has 1 heterocycles. The lowest BCUT2D eigenvalue weighted by Gasteiger charge is -2.26. The summed E-state index contributed by atoms with van der Waals surface area (Å²) in [5.41, 5.74) is 0.578. The maximum absolute atomic E-state index is 3.90. The highest BCUT2D eigenvalue weighted by Gasteiger charge is 2.25. The molecule has 0 radical (unpaired) electrons. The van der Waals surface area contributed by atoms with E-state index in [0.717, 1.165) is 0 Å². The molecular weight excluding hydrogens is 146 g/mol. The largest absolute Gasteiger partial charge is 1.00 e. The van der Waals surface area contributed by atoms with Crippen LogP contribution in [0.3, 0.4) is 0 Å². The van der Waals surface area contributed by atoms with Crippen LogP contribution in [0, 0.1) is 5.41 Å². The summed E-state index contributed by atoms with van der Waals surface area (Å²) in [7, 11) is 0. The van der Waals surface area contributed by atoms with Crippen molar-refractivity contribution in [1.82, 2.24) is 0 Å². The standard InChI is InChI=1S/C8H16N.ClH/c1-8(2)4-6-9(3)7-5-8;/h3-7H2,1-2H3;1H/q+1;/p-1. The third kappa shape index (κ3) is 2.70. The number of nitrogens with zero attached hydrogens (tertiary/aromatic N) is 1. The molecule has 0 bridgehead atoms. The second-order valence-electron chi connectivity index (χ2n) is 3.78. The van der Waals surface area contributed by atoms with Gasteiger partial charge in [-0.1, -0.05) is 13.8 Å². The quantitative estimate of drug-likeness (QED) is 0.382. The first-order valence-electron chi connectivity index (χ1n) is 3.66. The van der Waals surface area contributed by atoms with E-state index in [1.165, 1.54) is 25.9 Å². The van der Waals surface area contributed by atoms with Crippen LogP contribution in [0.15, 0.2) is 0 Å². The van der Waals surface area contributed by atoms with Crippen molar-refractivity contribution in [2.75, 3.05) is 13.1 Å². The van der Waals surface area contributed by atoms with Gasteiger partial charge in [-0.15, -0.1) is 0 Å². The summed E-state index contributed by atoms with van der Waals surface area (Å²) in [4.78, 5) is 0. The average Bonchev–Trinajstić information content (AvgIpc) is 1.78. The summed E-state index contributed by atoms with van der Waals surface area (Å²) in [5, 5.41) is 0. The summed E-state index contributed by atoms with van der Waals surface area (Å²) >= 11 is 0. The van der Waals surface area contributed by atoms with Crippen LogP contribution in [0.4, 0.5) is 0 Å². The first-order chi connectivity index (χ1) is 4.10. The zero-order valence-corrected chi connectivity index (χ0v) is 7.62. The van der Waals surface area contributed by atoms with E-state index in [2.05, 4.69) is 25.1 Å². The first-order valence-corrected chi connectivity index (χ1v) is 3.66. The SMILES string of the molecule is C=[N+]1CCC(C)(C)CC1.[Cl-]. The molecule has 1 aliphatic heterocycles. The third-order valence-corrected chi connectivity index (χ3v) is 2.21. The van der Waals surface area contributed by atoms with Crippen molar-refractivity contribution in [3.05, 3.63) is 0 Å². The highest BCUT2D eigenvalue weighted by Crippen LogP contribution is 2.27. The van der Waals surface area contributed by atoms with Gasteiger partial charge in [-0.05, 0) is 5.41 Å². The number of hydrogen-bond acceptors (Lipinski definition) is 0. The number of rotatable bonds is 0. The fourth-order valence-electron chi connectivity index (χ4n) is 1.16. The normalized spacial score (nSPS) is 23.6. The van der Waals surface area contributed by atoms with Gasteiger partial charge >= 0.3 is 0 Å². The molecule has 0 saturated carbocycles. The molecule has 0 aromatic rings. The molecule has 0 aliphatic carbocycles. The molecule has 0 aromatic carbocycles. The number of halogens is 1. The van der Waals surface area contributed by atoms with E-state index < -0.39 is 0 Å². The van der Waals surface area contributed by atoms with Gasteiger partial charge in [0.2, 0.25) is 0 Å². The van der Waals surface area contributed by atoms with Crippen molar-refractivity contribution >= 4 is 6.72 Å². The Morgan fingerprint density at radius 1 is 1.20 bits per heavy atom. The van der Waals surface area contributed by atoms with Crippen molar-refractivity contribution < 1.29 is 17.0 Å². The maximum Gasteiger partial charge on any atom is 0.142 e. The van der Waals surface area contributed by atoms with Crippen LogP contribution in [-0.4, -0.2) is 24.4 Å². The van der Waals surface area contributed by atoms with E-state index in [4.69, 9.17) is 0 Å². The summed E-state index contributed by atoms with van der Waals surface area (Å²) in [6.45, 7) is 10.9. The van der Waals surface area contributed by atoms with Gasteiger partial charge in [0, 0.05) is 12.8 Å². The predicted octanol–water partition coefficient (Wildman–Crippen LogP) is -1.48. The van der Waals surface area contributed by atoms with E-state index >= 15 is 0 Å². The Labute approximate surface area is 69.5 Å². The Kier molecular flexibility index (Phi) is 3.37. The molecule has 0 atom stereocenters. The lowest BCUT2D eigenvalue weighted by Crippen LogP contribution is -3.00. The predicted molar refractivity (Wildman–Crippen MR) is 40.1 cm³/mol. The molecule has 1 fully saturated rings. The molecule has 0 N–H and O–H groups in total. The third-order valence-electron chi connectivity index (χ3n) is 2.21. The van der Waals surface area contributed by atoms with Crippen molar-refractivity contribution in [3.8, 4) is 0 Å². The molecule has 0 amide bonds. The Morgan fingerprint density at radius 3 is 1.90 bits per heavy atom. The minimum Gasteiger partial charge on any atom is -1.00 e. The minimum absolute atomic E-state index is 0. The van der Waals surface area contributed by atoms with E-state index in [0.29, 0.717) is 5.41 Å². The smallest absolute Gasteiger partial charge is 0.142 e. The lowest BCUT2D eigenvalue weighted by molar-refractivity contribution is -0.536. The molecule has 1 nitrogen and oxygen atoms in total. The molecule has 10 heavy (non-hydrogen) atoms. The summed E-state index contributed by atoms with van der Waals surface area (Å²) in [5.74, 6) is 0. The second-order valence-corrected chi connectivity index (χ2v) is 3.78. The van der Waals surface area contributed by atoms with Crippen LogP contribution in [0.2, 0.25) is 0 Å². The first kappa shape index (κ1) is 9.96. The summed E-state index contributed by atoms with van der Waals surface area (Å²) in [6.07, 6.45) is 2.60. The topological polar surface area (TPSA) is 3.01 Å². The molecular formula is C8H16ClN. The maximum atomic E-state index is 3.90. The van der Waals surface area contributed by atoms with Crippen molar-refractivity contribution in [3.63, 3.8) is 0 Å². The molecule has 0 spiro atoms. The average molecular weight is 162 g/mol. The van der Waals surface area contributed by atoms with Crippen LogP contribution in [0.1, 0.15) is 26.7 Å². The van der Waals surface area contributed by atoms with Crippen LogP contribution >= 0.6 is 0 Å². The Hall–Kier alpha value is -0.0400. The van der Waals surface area contributed by atoms with Gasteiger partial charge in [-0.2, -0.15) is 0 Å². The zero-order valence-electron chi connectivity index (χ0n) is 6.86. The number of hydrogen-bond donors (Lipinski definition) is 0. The Balaban J connectivity index is 0.000000810. The van der Waals surface area contributed by atoms with E-state index in [9.17, 15) is 0 Å². The minimum atomic E-state index is 0. The van der Waals surface area contributed by atoms with Gasteiger partial charge in [0.1, 0.15) is 19.8 Å². The van der Waals surface area contributed by atoms with Gasteiger partial charge in [0.25, 0.3) is 0 Å². The summed E-state index contributed by atoms with van der Waals surface area (Å²) < 4.78 is 2.16. The molecule has 2 heteroatoms. The van der Waals surface area contributed by atoms with Crippen LogP contribution in [0.5, 0.6) is 0 Å². The van der Waals surface area contributed by atoms with Gasteiger partial charge in [0.05, 0.1) is 0 Å². The van der Waals surface area contributed by atoms with E-state index in [1.807, 2.05) is 0 Å². The van der Waals surface area contributed by atoms with Crippen LogP contribution in [0.25, 0.3) is 0 Å². The van der Waals surface area contributed by atoms with Crippen LogP contribution in [-0.2, 0) is 0 Å². The van der Waals surface area contributed by atoms with Gasteiger partial charge in [0.15, 0.2) is 0 Å². The Morgan fingerprint density at radius 2 is 1.60 bits per heavy atom. The monoisotopic (exact) mass is 161 g/mol. The van der Waals surface area contributed by atoms with Crippen LogP contribution < -0.4 is 12.4 Å². The highest BCUT2D eigenvalue weighted by atomic mass is 35.5. The highest BCUT2D eigenvalue weighted by molar-refractivity contribution is 5.14.